The van der Waals surface area contributed by atoms with Gasteiger partial charge in [0.25, 0.3) is 5.89 Å². The molecule has 0 atom stereocenters. The Labute approximate surface area is 149 Å². The molecule has 1 aliphatic rings. The maximum Gasteiger partial charge on any atom is 0.268 e. The molecule has 0 saturated heterocycles. The number of benzene rings is 1. The Hall–Kier alpha value is -2.59. The minimum Gasteiger partial charge on any atom is -0.415 e. The highest BCUT2D eigenvalue weighted by molar-refractivity contribution is 7.88. The summed E-state index contributed by atoms with van der Waals surface area (Å²) in [6, 6.07) is 5.72. The van der Waals surface area contributed by atoms with Gasteiger partial charge in [-0.3, -0.25) is 4.68 Å². The Morgan fingerprint density at radius 1 is 1.15 bits per heavy atom. The molecule has 4 rings (SSSR count). The van der Waals surface area contributed by atoms with E-state index in [1.807, 2.05) is 0 Å². The summed E-state index contributed by atoms with van der Waals surface area (Å²) in [6.45, 7) is 0.626. The monoisotopic (exact) mass is 377 g/mol. The van der Waals surface area contributed by atoms with Crippen molar-refractivity contribution in [2.45, 2.75) is 13.0 Å². The van der Waals surface area contributed by atoms with Crippen molar-refractivity contribution in [3.05, 3.63) is 41.3 Å². The second-order valence-corrected chi connectivity index (χ2v) is 8.15. The van der Waals surface area contributed by atoms with Crippen molar-refractivity contribution in [1.29, 1.82) is 0 Å². The summed E-state index contributed by atoms with van der Waals surface area (Å²) in [7, 11) is -1.50. The van der Waals surface area contributed by atoms with Gasteiger partial charge in [0.2, 0.25) is 15.9 Å². The van der Waals surface area contributed by atoms with Crippen LogP contribution in [0, 0.1) is 5.82 Å². The fourth-order valence-corrected chi connectivity index (χ4v) is 3.84. The summed E-state index contributed by atoms with van der Waals surface area (Å²) in [5.41, 5.74) is 2.77. The summed E-state index contributed by atoms with van der Waals surface area (Å²) in [5.74, 6) is 0.0971. The summed E-state index contributed by atoms with van der Waals surface area (Å²) in [5, 5.41) is 12.5. The lowest BCUT2D eigenvalue weighted by molar-refractivity contribution is 0.389. The molecule has 0 aliphatic carbocycles. The van der Waals surface area contributed by atoms with Crippen LogP contribution in [-0.2, 0) is 30.0 Å². The van der Waals surface area contributed by atoms with Gasteiger partial charge in [0.1, 0.15) is 5.82 Å². The maximum atomic E-state index is 13.1. The highest BCUT2D eigenvalue weighted by Gasteiger charge is 2.30. The van der Waals surface area contributed by atoms with Gasteiger partial charge in [-0.1, -0.05) is 0 Å². The molecule has 3 aromatic rings. The first kappa shape index (κ1) is 16.9. The number of aryl methyl sites for hydroxylation is 1. The Morgan fingerprint density at radius 3 is 2.54 bits per heavy atom. The molecule has 0 bridgehead atoms. The number of halogens is 1. The zero-order valence-corrected chi connectivity index (χ0v) is 15.0. The molecular weight excluding hydrogens is 361 g/mol. The van der Waals surface area contributed by atoms with E-state index < -0.39 is 10.0 Å². The first-order chi connectivity index (χ1) is 12.3. The standard InChI is InChI=1S/C16H16FN5O3S/c1-21-13-7-8-22(26(2,23)24)9-12(13)14(20-21)16-19-18-15(25-16)10-3-5-11(17)6-4-10/h3-6H,7-9H2,1-2H3. The van der Waals surface area contributed by atoms with E-state index in [9.17, 15) is 12.8 Å². The zero-order valence-electron chi connectivity index (χ0n) is 14.2. The van der Waals surface area contributed by atoms with Crippen molar-refractivity contribution in [2.75, 3.05) is 12.8 Å². The van der Waals surface area contributed by atoms with Crippen LogP contribution in [0.1, 0.15) is 11.3 Å². The van der Waals surface area contributed by atoms with Crippen LogP contribution < -0.4 is 0 Å². The molecule has 0 amide bonds. The highest BCUT2D eigenvalue weighted by atomic mass is 32.2. The number of hydrogen-bond acceptors (Lipinski definition) is 6. The number of fused-ring (bicyclic) bond motifs is 1. The molecule has 0 fully saturated rings. The third-order valence-electron chi connectivity index (χ3n) is 4.40. The smallest absolute Gasteiger partial charge is 0.268 e. The van der Waals surface area contributed by atoms with Gasteiger partial charge < -0.3 is 4.42 Å². The van der Waals surface area contributed by atoms with Gasteiger partial charge >= 0.3 is 0 Å². The first-order valence-electron chi connectivity index (χ1n) is 7.92. The average molecular weight is 377 g/mol. The van der Waals surface area contributed by atoms with E-state index in [2.05, 4.69) is 15.3 Å². The fraction of sp³-hybridized carbons (Fsp3) is 0.312. The summed E-state index contributed by atoms with van der Waals surface area (Å²) >= 11 is 0. The molecule has 1 aliphatic heterocycles. The van der Waals surface area contributed by atoms with Gasteiger partial charge in [-0.25, -0.2) is 12.8 Å². The lowest BCUT2D eigenvalue weighted by Crippen LogP contribution is -2.35. The number of nitrogens with zero attached hydrogens (tertiary/aromatic N) is 5. The highest BCUT2D eigenvalue weighted by Crippen LogP contribution is 2.31. The van der Waals surface area contributed by atoms with Crippen LogP contribution in [0.2, 0.25) is 0 Å². The molecule has 10 heteroatoms. The van der Waals surface area contributed by atoms with Gasteiger partial charge in [0, 0.05) is 43.4 Å². The van der Waals surface area contributed by atoms with E-state index >= 15 is 0 Å². The third kappa shape index (κ3) is 2.90. The van der Waals surface area contributed by atoms with E-state index in [0.717, 1.165) is 11.3 Å². The molecule has 0 N–H and O–H groups in total. The van der Waals surface area contributed by atoms with Gasteiger partial charge in [0.15, 0.2) is 5.69 Å². The predicted molar refractivity (Wildman–Crippen MR) is 90.9 cm³/mol. The van der Waals surface area contributed by atoms with Crippen LogP contribution in [0.5, 0.6) is 0 Å². The summed E-state index contributed by atoms with van der Waals surface area (Å²) in [4.78, 5) is 0. The van der Waals surface area contributed by atoms with Crippen LogP contribution in [0.25, 0.3) is 23.0 Å². The second-order valence-electron chi connectivity index (χ2n) is 6.16. The van der Waals surface area contributed by atoms with Crippen molar-refractivity contribution in [1.82, 2.24) is 24.3 Å². The SMILES string of the molecule is Cn1nc(-c2nnc(-c3ccc(F)cc3)o2)c2c1CCN(S(C)(=O)=O)C2. The maximum absolute atomic E-state index is 13.1. The minimum atomic E-state index is -3.31. The number of aromatic nitrogens is 4. The topological polar surface area (TPSA) is 94.1 Å². The molecule has 136 valence electrons. The van der Waals surface area contributed by atoms with Crippen LogP contribution in [0.3, 0.4) is 0 Å². The van der Waals surface area contributed by atoms with Crippen LogP contribution in [-0.4, -0.2) is 45.5 Å². The third-order valence-corrected chi connectivity index (χ3v) is 5.64. The lowest BCUT2D eigenvalue weighted by atomic mass is 10.1. The Bertz CT molecular complexity index is 1070. The first-order valence-corrected chi connectivity index (χ1v) is 9.77. The molecule has 0 saturated carbocycles. The van der Waals surface area contributed by atoms with Crippen molar-refractivity contribution in [3.63, 3.8) is 0 Å². The van der Waals surface area contributed by atoms with Gasteiger partial charge in [-0.2, -0.15) is 9.40 Å². The fourth-order valence-electron chi connectivity index (χ4n) is 3.05. The van der Waals surface area contributed by atoms with Crippen molar-refractivity contribution < 1.29 is 17.2 Å². The molecule has 8 nitrogen and oxygen atoms in total. The predicted octanol–water partition coefficient (Wildman–Crippen LogP) is 1.59. The van der Waals surface area contributed by atoms with Gasteiger partial charge in [-0.05, 0) is 24.3 Å². The quantitative estimate of drug-likeness (QED) is 0.688. The molecule has 1 aromatic carbocycles. The number of hydrogen-bond donors (Lipinski definition) is 0. The van der Waals surface area contributed by atoms with E-state index in [1.165, 1.54) is 22.7 Å². The Kier molecular flexibility index (Phi) is 3.88. The van der Waals surface area contributed by atoms with Crippen LogP contribution >= 0.6 is 0 Å². The minimum absolute atomic E-state index is 0.205. The molecule has 0 unspecified atom stereocenters. The molecule has 26 heavy (non-hydrogen) atoms. The summed E-state index contributed by atoms with van der Waals surface area (Å²) < 4.78 is 45.7. The number of sulfonamides is 1. The van der Waals surface area contributed by atoms with E-state index in [0.29, 0.717) is 24.2 Å². The molecule has 2 aromatic heterocycles. The van der Waals surface area contributed by atoms with Crippen molar-refractivity contribution in [2.24, 2.45) is 7.05 Å². The number of rotatable bonds is 3. The van der Waals surface area contributed by atoms with E-state index in [1.54, 1.807) is 23.9 Å². The molecule has 3 heterocycles. The largest absolute Gasteiger partial charge is 0.415 e. The van der Waals surface area contributed by atoms with Crippen LogP contribution in [0.4, 0.5) is 4.39 Å². The van der Waals surface area contributed by atoms with Gasteiger partial charge in [-0.15, -0.1) is 10.2 Å². The molecule has 0 radical (unpaired) electrons. The summed E-state index contributed by atoms with van der Waals surface area (Å²) in [6.07, 6.45) is 1.75. The van der Waals surface area contributed by atoms with Crippen molar-refractivity contribution >= 4 is 10.0 Å². The second kappa shape index (κ2) is 5.99. The molecule has 0 spiro atoms. The Morgan fingerprint density at radius 2 is 1.85 bits per heavy atom. The average Bonchev–Trinajstić information content (AvgIpc) is 3.20. The van der Waals surface area contributed by atoms with Gasteiger partial charge in [0.05, 0.1) is 6.26 Å². The van der Waals surface area contributed by atoms with Crippen LogP contribution in [0.15, 0.2) is 28.7 Å². The van der Waals surface area contributed by atoms with Crippen molar-refractivity contribution in [3.8, 4) is 23.0 Å². The zero-order chi connectivity index (χ0) is 18.5. The van der Waals surface area contributed by atoms with E-state index in [-0.39, 0.29) is 24.1 Å². The van der Waals surface area contributed by atoms with E-state index in [4.69, 9.17) is 4.42 Å². The lowest BCUT2D eigenvalue weighted by Gasteiger charge is -2.25. The molecular formula is C16H16FN5O3S. The Balaban J connectivity index is 1.73. The normalized spacial score (nSPS) is 15.2.